The van der Waals surface area contributed by atoms with Crippen molar-refractivity contribution in [2.75, 3.05) is 11.9 Å². The first-order valence-corrected chi connectivity index (χ1v) is 8.03. The van der Waals surface area contributed by atoms with E-state index in [1.165, 1.54) is 23.0 Å². The fourth-order valence-corrected chi connectivity index (χ4v) is 2.15. The van der Waals surface area contributed by atoms with E-state index in [0.717, 1.165) is 6.26 Å². The van der Waals surface area contributed by atoms with Gasteiger partial charge in [-0.05, 0) is 19.4 Å². The summed E-state index contributed by atoms with van der Waals surface area (Å²) in [4.78, 5) is 39.4. The molecule has 11 heteroatoms. The Kier molecular flexibility index (Phi) is 5.40. The molecule has 140 valence electrons. The Hall–Kier alpha value is -3.76. The van der Waals surface area contributed by atoms with Crippen LogP contribution in [0.3, 0.4) is 0 Å². The third-order valence-corrected chi connectivity index (χ3v) is 3.44. The summed E-state index contributed by atoms with van der Waals surface area (Å²) >= 11 is 0. The topological polar surface area (TPSA) is 145 Å². The number of oxazole rings is 1. The SMILES string of the molecule is Cc1cc(C(=O)Nc2nc(C(=O)NCCCn3ncccc3=O)co2)no1. The lowest BCUT2D eigenvalue weighted by Gasteiger charge is -2.04. The standard InChI is InChI=1S/C16H16N6O5/c1-10-8-11(21-27-10)15(25)20-16-19-12(9-26-16)14(24)17-5-3-7-22-13(23)4-2-6-18-22/h2,4,6,8-9H,3,5,7H2,1H3,(H,17,24)(H,19,20,25). The minimum atomic E-state index is -0.568. The molecule has 3 aromatic rings. The molecule has 0 saturated carbocycles. The van der Waals surface area contributed by atoms with E-state index in [9.17, 15) is 14.4 Å². The molecular formula is C16H16N6O5. The largest absolute Gasteiger partial charge is 0.431 e. The highest BCUT2D eigenvalue weighted by Crippen LogP contribution is 2.10. The van der Waals surface area contributed by atoms with E-state index in [0.29, 0.717) is 25.3 Å². The molecule has 0 fully saturated rings. The molecular weight excluding hydrogens is 356 g/mol. The van der Waals surface area contributed by atoms with Gasteiger partial charge in [-0.25, -0.2) is 4.68 Å². The highest BCUT2D eigenvalue weighted by atomic mass is 16.5. The van der Waals surface area contributed by atoms with Crippen molar-refractivity contribution in [2.24, 2.45) is 0 Å². The Balaban J connectivity index is 1.47. The molecule has 3 heterocycles. The van der Waals surface area contributed by atoms with Gasteiger partial charge in [-0.3, -0.25) is 19.7 Å². The molecule has 0 aliphatic heterocycles. The third kappa shape index (κ3) is 4.66. The summed E-state index contributed by atoms with van der Waals surface area (Å²) in [5, 5.41) is 12.5. The van der Waals surface area contributed by atoms with Gasteiger partial charge in [0.2, 0.25) is 0 Å². The van der Waals surface area contributed by atoms with Crippen LogP contribution < -0.4 is 16.2 Å². The second kappa shape index (κ2) is 8.08. The Labute approximate surface area is 152 Å². The van der Waals surface area contributed by atoms with E-state index in [2.05, 4.69) is 25.9 Å². The van der Waals surface area contributed by atoms with E-state index < -0.39 is 11.8 Å². The van der Waals surface area contributed by atoms with E-state index in [1.54, 1.807) is 13.0 Å². The lowest BCUT2D eigenvalue weighted by atomic mass is 10.3. The molecule has 0 radical (unpaired) electrons. The first kappa shape index (κ1) is 18.0. The van der Waals surface area contributed by atoms with Crippen LogP contribution in [0.25, 0.3) is 0 Å². The number of rotatable bonds is 7. The van der Waals surface area contributed by atoms with Crippen molar-refractivity contribution in [2.45, 2.75) is 19.9 Å². The van der Waals surface area contributed by atoms with Gasteiger partial charge >= 0.3 is 6.01 Å². The molecule has 0 aliphatic carbocycles. The van der Waals surface area contributed by atoms with Gasteiger partial charge in [-0.15, -0.1) is 0 Å². The number of aryl methyl sites for hydroxylation is 2. The van der Waals surface area contributed by atoms with Gasteiger partial charge in [-0.2, -0.15) is 10.1 Å². The molecule has 2 N–H and O–H groups in total. The monoisotopic (exact) mass is 372 g/mol. The summed E-state index contributed by atoms with van der Waals surface area (Å²) < 4.78 is 11.2. The highest BCUT2D eigenvalue weighted by Gasteiger charge is 2.16. The van der Waals surface area contributed by atoms with Gasteiger partial charge in [0, 0.05) is 31.4 Å². The average molecular weight is 372 g/mol. The Morgan fingerprint density at radius 1 is 1.26 bits per heavy atom. The molecule has 0 aromatic carbocycles. The number of amides is 2. The van der Waals surface area contributed by atoms with Crippen LogP contribution in [0.15, 0.2) is 44.4 Å². The number of nitrogens with zero attached hydrogens (tertiary/aromatic N) is 4. The van der Waals surface area contributed by atoms with Crippen LogP contribution >= 0.6 is 0 Å². The third-order valence-electron chi connectivity index (χ3n) is 3.44. The van der Waals surface area contributed by atoms with E-state index in [4.69, 9.17) is 8.94 Å². The normalized spacial score (nSPS) is 10.6. The Morgan fingerprint density at radius 3 is 2.85 bits per heavy atom. The molecule has 0 atom stereocenters. The fourth-order valence-electron chi connectivity index (χ4n) is 2.15. The zero-order valence-corrected chi connectivity index (χ0v) is 14.3. The van der Waals surface area contributed by atoms with Crippen LogP contribution in [0, 0.1) is 6.92 Å². The lowest BCUT2D eigenvalue weighted by Crippen LogP contribution is -2.28. The van der Waals surface area contributed by atoms with Crippen LogP contribution in [-0.2, 0) is 6.54 Å². The van der Waals surface area contributed by atoms with E-state index in [1.807, 2.05) is 0 Å². The van der Waals surface area contributed by atoms with Crippen LogP contribution in [0.2, 0.25) is 0 Å². The maximum Gasteiger partial charge on any atom is 0.302 e. The maximum absolute atomic E-state index is 12.0. The van der Waals surface area contributed by atoms with Gasteiger partial charge in [-0.1, -0.05) is 5.16 Å². The molecule has 3 rings (SSSR count). The molecule has 0 bridgehead atoms. The van der Waals surface area contributed by atoms with Gasteiger partial charge in [0.15, 0.2) is 11.4 Å². The van der Waals surface area contributed by atoms with Gasteiger partial charge in [0.05, 0.1) is 0 Å². The molecule has 27 heavy (non-hydrogen) atoms. The number of nitrogens with one attached hydrogen (secondary N) is 2. The summed E-state index contributed by atoms with van der Waals surface area (Å²) in [6, 6.07) is 4.30. The summed E-state index contributed by atoms with van der Waals surface area (Å²) in [7, 11) is 0. The second-order valence-corrected chi connectivity index (χ2v) is 5.51. The van der Waals surface area contributed by atoms with Crippen molar-refractivity contribution in [3.05, 3.63) is 58.2 Å². The van der Waals surface area contributed by atoms with Crippen LogP contribution in [0.4, 0.5) is 6.01 Å². The fraction of sp³-hybridized carbons (Fsp3) is 0.250. The molecule has 0 saturated heterocycles. The molecule has 0 aliphatic rings. The van der Waals surface area contributed by atoms with E-state index in [-0.39, 0.29) is 23.0 Å². The smallest absolute Gasteiger partial charge is 0.302 e. The zero-order valence-electron chi connectivity index (χ0n) is 14.3. The van der Waals surface area contributed by atoms with Crippen LogP contribution in [-0.4, -0.2) is 38.3 Å². The highest BCUT2D eigenvalue weighted by molar-refractivity contribution is 6.02. The number of hydrogen-bond acceptors (Lipinski definition) is 8. The molecule has 0 spiro atoms. The van der Waals surface area contributed by atoms with Crippen molar-refractivity contribution >= 4 is 17.8 Å². The predicted molar refractivity (Wildman–Crippen MR) is 91.1 cm³/mol. The van der Waals surface area contributed by atoms with Crippen LogP contribution in [0.5, 0.6) is 0 Å². The van der Waals surface area contributed by atoms with E-state index >= 15 is 0 Å². The quantitative estimate of drug-likeness (QED) is 0.573. The summed E-state index contributed by atoms with van der Waals surface area (Å²) in [5.74, 6) is -0.549. The van der Waals surface area contributed by atoms with Crippen molar-refractivity contribution in [3.63, 3.8) is 0 Å². The predicted octanol–water partition coefficient (Wildman–Crippen LogP) is 0.600. The average Bonchev–Trinajstić information content (AvgIpc) is 3.29. The number of aromatic nitrogens is 4. The number of anilines is 1. The van der Waals surface area contributed by atoms with Gasteiger partial charge in [0.25, 0.3) is 17.4 Å². The first-order valence-electron chi connectivity index (χ1n) is 8.03. The maximum atomic E-state index is 12.0. The second-order valence-electron chi connectivity index (χ2n) is 5.51. The lowest BCUT2D eigenvalue weighted by molar-refractivity contribution is 0.0946. The molecule has 11 nitrogen and oxygen atoms in total. The summed E-state index contributed by atoms with van der Waals surface area (Å²) in [6.07, 6.45) is 3.16. The molecule has 2 amide bonds. The minimum absolute atomic E-state index is 0.0108. The Morgan fingerprint density at radius 2 is 2.11 bits per heavy atom. The molecule has 3 aromatic heterocycles. The Bertz CT molecular complexity index is 1000. The summed E-state index contributed by atoms with van der Waals surface area (Å²) in [6.45, 7) is 2.34. The number of carbonyl (C=O) groups excluding carboxylic acids is 2. The zero-order chi connectivity index (χ0) is 19.2. The van der Waals surface area contributed by atoms with Gasteiger partial charge in [0.1, 0.15) is 12.0 Å². The van der Waals surface area contributed by atoms with Crippen molar-refractivity contribution in [1.29, 1.82) is 0 Å². The number of carbonyl (C=O) groups is 2. The van der Waals surface area contributed by atoms with Gasteiger partial charge < -0.3 is 14.3 Å². The van der Waals surface area contributed by atoms with Crippen molar-refractivity contribution < 1.29 is 18.5 Å². The van der Waals surface area contributed by atoms with Crippen LogP contribution in [0.1, 0.15) is 33.2 Å². The van der Waals surface area contributed by atoms with Crippen molar-refractivity contribution in [1.82, 2.24) is 25.2 Å². The summed E-state index contributed by atoms with van der Waals surface area (Å²) in [5.41, 5.74) is -0.124. The molecule has 0 unspecified atom stereocenters. The first-order chi connectivity index (χ1) is 13.0. The number of hydrogen-bond donors (Lipinski definition) is 2. The minimum Gasteiger partial charge on any atom is -0.431 e. The van der Waals surface area contributed by atoms with Crippen molar-refractivity contribution in [3.8, 4) is 0 Å².